The van der Waals surface area contributed by atoms with Crippen molar-refractivity contribution in [3.63, 3.8) is 0 Å². The summed E-state index contributed by atoms with van der Waals surface area (Å²) in [6.07, 6.45) is 5.94. The second kappa shape index (κ2) is 11.2. The van der Waals surface area contributed by atoms with Crippen LogP contribution in [0.15, 0.2) is 72.7 Å². The molecule has 1 atom stereocenters. The summed E-state index contributed by atoms with van der Waals surface area (Å²) in [6, 6.07) is 13.5. The highest BCUT2D eigenvalue weighted by molar-refractivity contribution is 6.46. The fourth-order valence-corrected chi connectivity index (χ4v) is 4.98. The van der Waals surface area contributed by atoms with Gasteiger partial charge in [0.1, 0.15) is 11.3 Å². The molecule has 4 heterocycles. The molecule has 0 saturated carbocycles. The number of ketones is 1. The highest BCUT2D eigenvalue weighted by atomic mass is 16.5. The van der Waals surface area contributed by atoms with E-state index < -0.39 is 17.7 Å². The molecule has 1 fully saturated rings. The van der Waals surface area contributed by atoms with Gasteiger partial charge in [-0.2, -0.15) is 0 Å². The third-order valence-corrected chi connectivity index (χ3v) is 7.00. The number of amides is 1. The van der Waals surface area contributed by atoms with E-state index in [-0.39, 0.29) is 17.9 Å². The SMILES string of the molecule is COc1cc(C2/C(=C(\O)c3c(C)nc4ccccn34)C(=O)C(=O)N2Cc2cccnc2)ccc1OCCC(C)C. The lowest BCUT2D eigenvalue weighted by molar-refractivity contribution is -0.140. The summed E-state index contributed by atoms with van der Waals surface area (Å²) in [5.74, 6) is -0.246. The van der Waals surface area contributed by atoms with Gasteiger partial charge < -0.3 is 19.5 Å². The van der Waals surface area contributed by atoms with Crippen molar-refractivity contribution in [2.24, 2.45) is 5.92 Å². The van der Waals surface area contributed by atoms with Gasteiger partial charge in [0.25, 0.3) is 11.7 Å². The molecule has 1 unspecified atom stereocenters. The Morgan fingerprint density at radius 2 is 1.93 bits per heavy atom. The highest BCUT2D eigenvalue weighted by Gasteiger charge is 2.47. The van der Waals surface area contributed by atoms with E-state index in [1.807, 2.05) is 24.3 Å². The number of nitrogens with zero attached hydrogens (tertiary/aromatic N) is 4. The zero-order valence-electron chi connectivity index (χ0n) is 23.0. The largest absolute Gasteiger partial charge is 0.505 e. The van der Waals surface area contributed by atoms with E-state index in [1.54, 1.807) is 61.3 Å². The van der Waals surface area contributed by atoms with E-state index in [1.165, 1.54) is 4.90 Å². The number of likely N-dealkylation sites (tertiary alicyclic amines) is 1. The van der Waals surface area contributed by atoms with Crippen LogP contribution >= 0.6 is 0 Å². The Bertz CT molecular complexity index is 1590. The standard InChI is InChI=1S/C31H32N4O5/c1-19(2)12-15-40-23-11-10-22(16-24(23)39-4)28-26(29(36)27-20(3)33-25-9-5-6-14-34(25)27)30(37)31(38)35(28)18-21-8-7-13-32-17-21/h5-11,13-14,16-17,19,28,36H,12,15,18H2,1-4H3/b29-26+. The molecule has 0 aliphatic carbocycles. The first-order valence-electron chi connectivity index (χ1n) is 13.2. The Balaban J connectivity index is 1.65. The maximum Gasteiger partial charge on any atom is 0.295 e. The number of imidazole rings is 1. The van der Waals surface area contributed by atoms with Crippen molar-refractivity contribution in [1.82, 2.24) is 19.3 Å². The fourth-order valence-electron chi connectivity index (χ4n) is 4.98. The molecule has 1 amide bonds. The number of aryl methyl sites for hydroxylation is 1. The summed E-state index contributed by atoms with van der Waals surface area (Å²) in [5, 5.41) is 11.7. The number of aromatic nitrogens is 3. The molecule has 40 heavy (non-hydrogen) atoms. The van der Waals surface area contributed by atoms with Crippen molar-refractivity contribution in [2.75, 3.05) is 13.7 Å². The molecule has 9 heteroatoms. The van der Waals surface area contributed by atoms with Crippen molar-refractivity contribution in [2.45, 2.75) is 39.8 Å². The minimum atomic E-state index is -0.882. The Morgan fingerprint density at radius 3 is 2.65 bits per heavy atom. The molecule has 1 aromatic carbocycles. The number of aliphatic hydroxyl groups is 1. The fraction of sp³-hybridized carbons (Fsp3) is 0.290. The van der Waals surface area contributed by atoms with Crippen molar-refractivity contribution < 1.29 is 24.2 Å². The predicted octanol–water partition coefficient (Wildman–Crippen LogP) is 5.09. The zero-order valence-corrected chi connectivity index (χ0v) is 23.0. The quantitative estimate of drug-likeness (QED) is 0.179. The van der Waals surface area contributed by atoms with Crippen molar-refractivity contribution in [3.05, 3.63) is 95.2 Å². The summed E-state index contributed by atoms with van der Waals surface area (Å²) in [4.78, 5) is 37.2. The predicted molar refractivity (Wildman–Crippen MR) is 150 cm³/mol. The number of rotatable bonds is 9. The maximum atomic E-state index is 13.6. The third kappa shape index (κ3) is 5.02. The number of aliphatic hydroxyl groups excluding tert-OH is 1. The molecule has 1 N–H and O–H groups in total. The lowest BCUT2D eigenvalue weighted by Gasteiger charge is -2.26. The number of fused-ring (bicyclic) bond motifs is 1. The summed E-state index contributed by atoms with van der Waals surface area (Å²) in [5.41, 5.74) is 2.85. The second-order valence-corrected chi connectivity index (χ2v) is 10.2. The van der Waals surface area contributed by atoms with Crippen LogP contribution in [-0.2, 0) is 16.1 Å². The van der Waals surface area contributed by atoms with Crippen molar-refractivity contribution in [1.29, 1.82) is 0 Å². The minimum Gasteiger partial charge on any atom is -0.505 e. The van der Waals surface area contributed by atoms with Crippen LogP contribution in [-0.4, -0.2) is 49.8 Å². The van der Waals surface area contributed by atoms with E-state index >= 15 is 0 Å². The normalized spacial score (nSPS) is 16.7. The molecular formula is C31H32N4O5. The van der Waals surface area contributed by atoms with Gasteiger partial charge in [-0.15, -0.1) is 0 Å². The first kappa shape index (κ1) is 26.9. The molecule has 4 aromatic rings. The lowest BCUT2D eigenvalue weighted by Crippen LogP contribution is -2.29. The maximum absolute atomic E-state index is 13.6. The summed E-state index contributed by atoms with van der Waals surface area (Å²) >= 11 is 0. The lowest BCUT2D eigenvalue weighted by atomic mass is 9.95. The summed E-state index contributed by atoms with van der Waals surface area (Å²) in [6.45, 7) is 6.66. The molecule has 1 aliphatic rings. The number of carbonyl (C=O) groups is 2. The molecule has 1 aliphatic heterocycles. The Morgan fingerprint density at radius 1 is 1.10 bits per heavy atom. The molecular weight excluding hydrogens is 508 g/mol. The molecule has 1 saturated heterocycles. The number of ether oxygens (including phenoxy) is 2. The van der Waals surface area contributed by atoms with Crippen LogP contribution in [0.5, 0.6) is 11.5 Å². The van der Waals surface area contributed by atoms with Gasteiger partial charge >= 0.3 is 0 Å². The van der Waals surface area contributed by atoms with E-state index in [2.05, 4.69) is 23.8 Å². The van der Waals surface area contributed by atoms with Crippen LogP contribution in [0.1, 0.15) is 48.8 Å². The number of carbonyl (C=O) groups excluding carboxylic acids is 2. The van der Waals surface area contributed by atoms with Crippen LogP contribution in [0.2, 0.25) is 0 Å². The van der Waals surface area contributed by atoms with E-state index in [4.69, 9.17) is 9.47 Å². The van der Waals surface area contributed by atoms with Crippen LogP contribution in [0, 0.1) is 12.8 Å². The minimum absolute atomic E-state index is 0.0156. The highest BCUT2D eigenvalue weighted by Crippen LogP contribution is 2.43. The zero-order chi connectivity index (χ0) is 28.4. The van der Waals surface area contributed by atoms with Gasteiger partial charge in [0.05, 0.1) is 31.0 Å². The number of methoxy groups -OCH3 is 1. The number of Topliss-reactive ketones (excluding diaryl/α,β-unsaturated/α-hetero) is 1. The van der Waals surface area contributed by atoms with Crippen LogP contribution < -0.4 is 9.47 Å². The molecule has 206 valence electrons. The number of benzene rings is 1. The molecule has 3 aromatic heterocycles. The first-order valence-corrected chi connectivity index (χ1v) is 13.2. The molecule has 0 spiro atoms. The van der Waals surface area contributed by atoms with Gasteiger partial charge in [0.15, 0.2) is 17.3 Å². The van der Waals surface area contributed by atoms with E-state index in [0.29, 0.717) is 46.6 Å². The summed E-state index contributed by atoms with van der Waals surface area (Å²) < 4.78 is 13.3. The summed E-state index contributed by atoms with van der Waals surface area (Å²) in [7, 11) is 1.54. The number of hydrogen-bond acceptors (Lipinski definition) is 7. The molecule has 0 bridgehead atoms. The van der Waals surface area contributed by atoms with E-state index in [9.17, 15) is 14.7 Å². The van der Waals surface area contributed by atoms with Crippen LogP contribution in [0.3, 0.4) is 0 Å². The number of hydrogen-bond donors (Lipinski definition) is 1. The second-order valence-electron chi connectivity index (χ2n) is 10.2. The van der Waals surface area contributed by atoms with Crippen molar-refractivity contribution in [3.8, 4) is 11.5 Å². The monoisotopic (exact) mass is 540 g/mol. The van der Waals surface area contributed by atoms with Gasteiger partial charge in [-0.3, -0.25) is 19.0 Å². The third-order valence-electron chi connectivity index (χ3n) is 7.00. The van der Waals surface area contributed by atoms with Crippen LogP contribution in [0.4, 0.5) is 0 Å². The Labute approximate surface area is 232 Å². The average molecular weight is 541 g/mol. The van der Waals surface area contributed by atoms with Gasteiger partial charge in [-0.25, -0.2) is 4.98 Å². The van der Waals surface area contributed by atoms with Gasteiger partial charge in [0, 0.05) is 25.1 Å². The van der Waals surface area contributed by atoms with Gasteiger partial charge in [0.2, 0.25) is 0 Å². The molecule has 9 nitrogen and oxygen atoms in total. The molecule has 0 radical (unpaired) electrons. The smallest absolute Gasteiger partial charge is 0.295 e. The van der Waals surface area contributed by atoms with Gasteiger partial charge in [-0.05, 0) is 60.7 Å². The Hall–Kier alpha value is -4.66. The van der Waals surface area contributed by atoms with E-state index in [0.717, 1.165) is 12.0 Å². The Kier molecular flexibility index (Phi) is 7.55. The van der Waals surface area contributed by atoms with Crippen LogP contribution in [0.25, 0.3) is 11.4 Å². The molecule has 5 rings (SSSR count). The first-order chi connectivity index (χ1) is 19.3. The van der Waals surface area contributed by atoms with Crippen molar-refractivity contribution >= 4 is 23.1 Å². The van der Waals surface area contributed by atoms with Gasteiger partial charge in [-0.1, -0.05) is 32.0 Å². The average Bonchev–Trinajstić information content (AvgIpc) is 3.41. The number of pyridine rings is 2. The topological polar surface area (TPSA) is 106 Å².